The van der Waals surface area contributed by atoms with Crippen LogP contribution in [0.4, 0.5) is 5.69 Å². The SMILES string of the molecule is CC(C)CC1(c2ccc(-c3nc4c(cc3-c3ccccc3)N(C3CCCC3)C(=O)CO4)cc2)CCC1. The largest absolute Gasteiger partial charge is 0.466 e. The number of nitrogens with zero attached hydrogens (tertiary/aromatic N) is 2. The Morgan fingerprint density at radius 2 is 1.69 bits per heavy atom. The molecule has 0 saturated heterocycles. The van der Waals surface area contributed by atoms with E-state index in [1.54, 1.807) is 0 Å². The van der Waals surface area contributed by atoms with Gasteiger partial charge in [0.2, 0.25) is 5.88 Å². The standard InChI is InChI=1S/C32H36N2O2/c1-22(2)20-32(17-8-18-32)25-15-13-24(14-16-25)30-27(23-9-4-3-5-10-23)19-28-31(33-30)36-21-29(35)34(28)26-11-6-7-12-26/h3-5,9-10,13-16,19,22,26H,6-8,11-12,17-18,20-21H2,1-2H3. The van der Waals surface area contributed by atoms with E-state index in [1.165, 1.54) is 44.1 Å². The summed E-state index contributed by atoms with van der Waals surface area (Å²) in [4.78, 5) is 20.0. The Balaban J connectivity index is 1.44. The van der Waals surface area contributed by atoms with Gasteiger partial charge in [-0.25, -0.2) is 4.98 Å². The molecule has 2 aromatic carbocycles. The average Bonchev–Trinajstić information content (AvgIpc) is 3.40. The summed E-state index contributed by atoms with van der Waals surface area (Å²) in [5.74, 6) is 1.32. The van der Waals surface area contributed by atoms with Gasteiger partial charge in [-0.3, -0.25) is 4.79 Å². The number of ether oxygens (including phenoxy) is 1. The van der Waals surface area contributed by atoms with Crippen molar-refractivity contribution in [3.63, 3.8) is 0 Å². The summed E-state index contributed by atoms with van der Waals surface area (Å²) in [6, 6.07) is 21.9. The number of rotatable bonds is 6. The number of hydrogen-bond acceptors (Lipinski definition) is 3. The number of aromatic nitrogens is 1. The molecule has 0 spiro atoms. The maximum atomic E-state index is 13.0. The first-order valence-corrected chi connectivity index (χ1v) is 13.7. The lowest BCUT2D eigenvalue weighted by Gasteiger charge is -2.44. The van der Waals surface area contributed by atoms with Gasteiger partial charge in [0.15, 0.2) is 6.61 Å². The molecule has 0 bridgehead atoms. The molecule has 0 unspecified atom stereocenters. The summed E-state index contributed by atoms with van der Waals surface area (Å²) in [5.41, 5.74) is 6.77. The summed E-state index contributed by atoms with van der Waals surface area (Å²) >= 11 is 0. The van der Waals surface area contributed by atoms with Crippen molar-refractivity contribution >= 4 is 11.6 Å². The van der Waals surface area contributed by atoms with Crippen molar-refractivity contribution in [2.24, 2.45) is 5.92 Å². The van der Waals surface area contributed by atoms with Gasteiger partial charge in [-0.1, -0.05) is 87.7 Å². The predicted octanol–water partition coefficient (Wildman–Crippen LogP) is 7.55. The number of fused-ring (bicyclic) bond motifs is 1. The lowest BCUT2D eigenvalue weighted by Crippen LogP contribution is -2.45. The fourth-order valence-electron chi connectivity index (χ4n) is 6.70. The molecule has 1 aliphatic heterocycles. The van der Waals surface area contributed by atoms with E-state index in [0.717, 1.165) is 40.9 Å². The van der Waals surface area contributed by atoms with E-state index in [4.69, 9.17) is 9.72 Å². The fraction of sp³-hybridized carbons (Fsp3) is 0.438. The van der Waals surface area contributed by atoms with Crippen LogP contribution in [0.15, 0.2) is 60.7 Å². The van der Waals surface area contributed by atoms with Gasteiger partial charge in [0.1, 0.15) is 5.69 Å². The second-order valence-corrected chi connectivity index (χ2v) is 11.4. The third-order valence-corrected chi connectivity index (χ3v) is 8.48. The normalized spacial score (nSPS) is 19.2. The molecule has 6 rings (SSSR count). The van der Waals surface area contributed by atoms with Crippen molar-refractivity contribution < 1.29 is 9.53 Å². The van der Waals surface area contributed by atoms with Crippen LogP contribution < -0.4 is 9.64 Å². The maximum Gasteiger partial charge on any atom is 0.265 e. The molecule has 0 N–H and O–H groups in total. The van der Waals surface area contributed by atoms with Gasteiger partial charge >= 0.3 is 0 Å². The lowest BCUT2D eigenvalue weighted by atomic mass is 9.61. The van der Waals surface area contributed by atoms with Gasteiger partial charge in [-0.2, -0.15) is 0 Å². The van der Waals surface area contributed by atoms with Crippen LogP contribution in [-0.2, 0) is 10.2 Å². The Morgan fingerprint density at radius 3 is 2.33 bits per heavy atom. The lowest BCUT2D eigenvalue weighted by molar-refractivity contribution is -0.121. The molecular weight excluding hydrogens is 444 g/mol. The first-order chi connectivity index (χ1) is 17.5. The molecular formula is C32H36N2O2. The Morgan fingerprint density at radius 1 is 0.972 bits per heavy atom. The molecule has 4 heteroatoms. The molecule has 0 radical (unpaired) electrons. The number of anilines is 1. The Labute approximate surface area is 214 Å². The third-order valence-electron chi connectivity index (χ3n) is 8.48. The number of hydrogen-bond donors (Lipinski definition) is 0. The number of amides is 1. The van der Waals surface area contributed by atoms with Crippen LogP contribution in [0.2, 0.25) is 0 Å². The number of carbonyl (C=O) groups is 1. The topological polar surface area (TPSA) is 42.4 Å². The van der Waals surface area contributed by atoms with Crippen LogP contribution >= 0.6 is 0 Å². The molecule has 0 atom stereocenters. The zero-order chi connectivity index (χ0) is 24.7. The molecule has 2 heterocycles. The highest BCUT2D eigenvalue weighted by molar-refractivity contribution is 6.00. The van der Waals surface area contributed by atoms with E-state index in [-0.39, 0.29) is 18.6 Å². The minimum absolute atomic E-state index is 0.0447. The number of benzene rings is 2. The van der Waals surface area contributed by atoms with Gasteiger partial charge in [-0.15, -0.1) is 0 Å². The van der Waals surface area contributed by atoms with Crippen LogP contribution in [0.25, 0.3) is 22.4 Å². The Bertz CT molecular complexity index is 1240. The summed E-state index contributed by atoms with van der Waals surface area (Å²) in [6.07, 6.45) is 9.59. The van der Waals surface area contributed by atoms with E-state index in [2.05, 4.69) is 68.4 Å². The molecule has 4 nitrogen and oxygen atoms in total. The molecule has 2 saturated carbocycles. The Hall–Kier alpha value is -3.14. The summed E-state index contributed by atoms with van der Waals surface area (Å²) in [5, 5.41) is 0. The van der Waals surface area contributed by atoms with Crippen molar-refractivity contribution in [2.45, 2.75) is 76.7 Å². The average molecular weight is 481 g/mol. The minimum Gasteiger partial charge on any atom is -0.466 e. The second kappa shape index (κ2) is 9.38. The van der Waals surface area contributed by atoms with E-state index < -0.39 is 0 Å². The van der Waals surface area contributed by atoms with Crippen LogP contribution in [0, 0.1) is 5.92 Å². The van der Waals surface area contributed by atoms with Crippen molar-refractivity contribution in [2.75, 3.05) is 11.5 Å². The zero-order valence-electron chi connectivity index (χ0n) is 21.5. The first-order valence-electron chi connectivity index (χ1n) is 13.7. The monoisotopic (exact) mass is 480 g/mol. The van der Waals surface area contributed by atoms with Crippen molar-refractivity contribution in [1.29, 1.82) is 0 Å². The minimum atomic E-state index is 0.0447. The van der Waals surface area contributed by atoms with Crippen molar-refractivity contribution in [1.82, 2.24) is 4.98 Å². The molecule has 3 aromatic rings. The van der Waals surface area contributed by atoms with Crippen molar-refractivity contribution in [3.8, 4) is 28.3 Å². The summed E-state index contributed by atoms with van der Waals surface area (Å²) in [6.45, 7) is 4.73. The second-order valence-electron chi connectivity index (χ2n) is 11.4. The molecule has 186 valence electrons. The van der Waals surface area contributed by atoms with E-state index in [9.17, 15) is 4.79 Å². The van der Waals surface area contributed by atoms with Gasteiger partial charge in [0.25, 0.3) is 5.91 Å². The Kier molecular flexibility index (Phi) is 6.07. The molecule has 2 aliphatic carbocycles. The van der Waals surface area contributed by atoms with Crippen LogP contribution in [-0.4, -0.2) is 23.5 Å². The zero-order valence-corrected chi connectivity index (χ0v) is 21.5. The van der Waals surface area contributed by atoms with E-state index >= 15 is 0 Å². The van der Waals surface area contributed by atoms with Gasteiger partial charge in [0, 0.05) is 17.2 Å². The van der Waals surface area contributed by atoms with Crippen LogP contribution in [0.1, 0.15) is 70.8 Å². The van der Waals surface area contributed by atoms with Gasteiger partial charge in [0.05, 0.1) is 5.69 Å². The molecule has 1 amide bonds. The van der Waals surface area contributed by atoms with Gasteiger partial charge < -0.3 is 9.64 Å². The molecule has 3 aliphatic rings. The van der Waals surface area contributed by atoms with Crippen molar-refractivity contribution in [3.05, 3.63) is 66.2 Å². The highest BCUT2D eigenvalue weighted by Gasteiger charge is 2.39. The molecule has 1 aromatic heterocycles. The highest BCUT2D eigenvalue weighted by Crippen LogP contribution is 2.49. The molecule has 2 fully saturated rings. The smallest absolute Gasteiger partial charge is 0.265 e. The highest BCUT2D eigenvalue weighted by atomic mass is 16.5. The van der Waals surface area contributed by atoms with E-state index in [0.29, 0.717) is 17.2 Å². The quantitative estimate of drug-likeness (QED) is 0.366. The first kappa shape index (κ1) is 23.3. The van der Waals surface area contributed by atoms with Gasteiger partial charge in [-0.05, 0) is 60.6 Å². The number of carbonyl (C=O) groups excluding carboxylic acids is 1. The number of pyridine rings is 1. The summed E-state index contributed by atoms with van der Waals surface area (Å²) in [7, 11) is 0. The summed E-state index contributed by atoms with van der Waals surface area (Å²) < 4.78 is 5.92. The third kappa shape index (κ3) is 4.11. The molecule has 36 heavy (non-hydrogen) atoms. The fourth-order valence-corrected chi connectivity index (χ4v) is 6.70. The van der Waals surface area contributed by atoms with E-state index in [1.807, 2.05) is 11.0 Å². The predicted molar refractivity (Wildman–Crippen MR) is 145 cm³/mol. The maximum absolute atomic E-state index is 13.0. The van der Waals surface area contributed by atoms with Crippen LogP contribution in [0.5, 0.6) is 5.88 Å². The van der Waals surface area contributed by atoms with Crippen LogP contribution in [0.3, 0.4) is 0 Å².